The highest BCUT2D eigenvalue weighted by atomic mass is 35.5. The van der Waals surface area contributed by atoms with Gasteiger partial charge in [0.05, 0.1) is 6.04 Å². The molecule has 1 aliphatic heterocycles. The van der Waals surface area contributed by atoms with Gasteiger partial charge >= 0.3 is 0 Å². The summed E-state index contributed by atoms with van der Waals surface area (Å²) in [4.78, 5) is 13.1. The Morgan fingerprint density at radius 1 is 1.14 bits per heavy atom. The van der Waals surface area contributed by atoms with Crippen LogP contribution in [0.25, 0.3) is 0 Å². The summed E-state index contributed by atoms with van der Waals surface area (Å²) in [6.07, 6.45) is 0. The first kappa shape index (κ1) is 18.8. The SMILES string of the molecule is Cc1ccc(CNC(=O)[C@H]2Sc3nnc(C)n3N[C@@H]2c2ccc(Cl)cc2)cc1. The van der Waals surface area contributed by atoms with Gasteiger partial charge in [0.2, 0.25) is 11.1 Å². The van der Waals surface area contributed by atoms with Crippen molar-refractivity contribution in [2.75, 3.05) is 5.43 Å². The third-order valence-electron chi connectivity index (χ3n) is 4.67. The summed E-state index contributed by atoms with van der Waals surface area (Å²) in [5, 5.41) is 12.3. The van der Waals surface area contributed by atoms with E-state index in [0.29, 0.717) is 16.7 Å². The van der Waals surface area contributed by atoms with Crippen LogP contribution in [0.1, 0.15) is 28.6 Å². The lowest BCUT2D eigenvalue weighted by Gasteiger charge is -2.32. The molecule has 4 rings (SSSR count). The zero-order valence-corrected chi connectivity index (χ0v) is 17.1. The van der Waals surface area contributed by atoms with Gasteiger partial charge in [-0.15, -0.1) is 10.2 Å². The van der Waals surface area contributed by atoms with Crippen molar-refractivity contribution in [2.24, 2.45) is 0 Å². The van der Waals surface area contributed by atoms with E-state index in [1.54, 1.807) is 0 Å². The van der Waals surface area contributed by atoms with Gasteiger partial charge < -0.3 is 10.7 Å². The number of aromatic nitrogens is 3. The molecule has 0 spiro atoms. The Balaban J connectivity index is 1.57. The van der Waals surface area contributed by atoms with Gasteiger partial charge in [0.25, 0.3) is 0 Å². The van der Waals surface area contributed by atoms with Gasteiger partial charge in [-0.05, 0) is 37.1 Å². The summed E-state index contributed by atoms with van der Waals surface area (Å²) in [5.74, 6) is 0.699. The van der Waals surface area contributed by atoms with Crippen LogP contribution in [0.15, 0.2) is 53.7 Å². The first-order valence-corrected chi connectivity index (χ1v) is 10.2. The van der Waals surface area contributed by atoms with Crippen molar-refractivity contribution in [1.29, 1.82) is 0 Å². The lowest BCUT2D eigenvalue weighted by atomic mass is 10.0. The molecule has 1 amide bonds. The number of hydrogen-bond acceptors (Lipinski definition) is 5. The second-order valence-electron chi connectivity index (χ2n) is 6.77. The van der Waals surface area contributed by atoms with Crippen LogP contribution in [0.2, 0.25) is 5.02 Å². The number of rotatable bonds is 4. The summed E-state index contributed by atoms with van der Waals surface area (Å²) in [5.41, 5.74) is 6.62. The van der Waals surface area contributed by atoms with Crippen molar-refractivity contribution in [3.8, 4) is 0 Å². The maximum Gasteiger partial charge on any atom is 0.236 e. The molecular formula is C20H20ClN5OS. The van der Waals surface area contributed by atoms with Crippen LogP contribution in [0, 0.1) is 13.8 Å². The van der Waals surface area contributed by atoms with Gasteiger partial charge in [0.1, 0.15) is 11.1 Å². The maximum atomic E-state index is 13.1. The highest BCUT2D eigenvalue weighted by Gasteiger charge is 2.37. The van der Waals surface area contributed by atoms with Crippen LogP contribution in [0.4, 0.5) is 0 Å². The number of halogens is 1. The zero-order chi connectivity index (χ0) is 19.7. The number of nitrogens with one attached hydrogen (secondary N) is 2. The van der Waals surface area contributed by atoms with Crippen LogP contribution < -0.4 is 10.7 Å². The van der Waals surface area contributed by atoms with Gasteiger partial charge in [0, 0.05) is 11.6 Å². The summed E-state index contributed by atoms with van der Waals surface area (Å²) < 4.78 is 1.83. The normalized spacial score (nSPS) is 18.2. The van der Waals surface area contributed by atoms with Gasteiger partial charge in [-0.1, -0.05) is 65.3 Å². The molecule has 0 radical (unpaired) electrons. The number of fused-ring (bicyclic) bond motifs is 1. The number of hydrogen-bond donors (Lipinski definition) is 2. The Morgan fingerprint density at radius 2 is 1.86 bits per heavy atom. The van der Waals surface area contributed by atoms with E-state index in [1.165, 1.54) is 17.3 Å². The van der Waals surface area contributed by atoms with Gasteiger partial charge in [-0.2, -0.15) is 0 Å². The van der Waals surface area contributed by atoms with Crippen LogP contribution >= 0.6 is 23.4 Å². The Labute approximate surface area is 172 Å². The summed E-state index contributed by atoms with van der Waals surface area (Å²) in [7, 11) is 0. The predicted molar refractivity (Wildman–Crippen MR) is 111 cm³/mol. The Kier molecular flexibility index (Phi) is 5.28. The number of amides is 1. The first-order valence-electron chi connectivity index (χ1n) is 8.95. The van der Waals surface area contributed by atoms with E-state index in [2.05, 4.69) is 20.9 Å². The number of thioether (sulfide) groups is 1. The van der Waals surface area contributed by atoms with Crippen LogP contribution in [-0.4, -0.2) is 26.0 Å². The van der Waals surface area contributed by atoms with Crippen LogP contribution in [0.5, 0.6) is 0 Å². The van der Waals surface area contributed by atoms with Crippen molar-refractivity contribution < 1.29 is 4.79 Å². The van der Waals surface area contributed by atoms with E-state index in [0.717, 1.165) is 17.0 Å². The zero-order valence-electron chi connectivity index (χ0n) is 15.5. The highest BCUT2D eigenvalue weighted by Crippen LogP contribution is 2.37. The molecule has 1 aromatic heterocycles. The molecule has 2 aromatic carbocycles. The molecule has 144 valence electrons. The fourth-order valence-electron chi connectivity index (χ4n) is 3.08. The van der Waals surface area contributed by atoms with Crippen molar-refractivity contribution in [3.05, 3.63) is 76.1 Å². The number of carbonyl (C=O) groups excluding carboxylic acids is 1. The van der Waals surface area contributed by atoms with Gasteiger partial charge in [0.15, 0.2) is 0 Å². The number of aryl methyl sites for hydroxylation is 2. The van der Waals surface area contributed by atoms with E-state index < -0.39 is 0 Å². The Bertz CT molecular complexity index is 987. The minimum absolute atomic E-state index is 0.0510. The molecule has 8 heteroatoms. The highest BCUT2D eigenvalue weighted by molar-refractivity contribution is 8.00. The lowest BCUT2D eigenvalue weighted by molar-refractivity contribution is -0.121. The van der Waals surface area contributed by atoms with E-state index in [9.17, 15) is 4.79 Å². The molecule has 2 heterocycles. The van der Waals surface area contributed by atoms with Crippen molar-refractivity contribution in [2.45, 2.75) is 36.8 Å². The molecule has 0 fully saturated rings. The summed E-state index contributed by atoms with van der Waals surface area (Å²) in [6.45, 7) is 4.40. The van der Waals surface area contributed by atoms with E-state index in [-0.39, 0.29) is 17.2 Å². The van der Waals surface area contributed by atoms with Crippen molar-refractivity contribution in [3.63, 3.8) is 0 Å². The van der Waals surface area contributed by atoms with Crippen LogP contribution in [-0.2, 0) is 11.3 Å². The van der Waals surface area contributed by atoms with Crippen molar-refractivity contribution in [1.82, 2.24) is 20.2 Å². The topological polar surface area (TPSA) is 71.8 Å². The molecule has 2 N–H and O–H groups in total. The monoisotopic (exact) mass is 413 g/mol. The number of carbonyl (C=O) groups is 1. The third kappa shape index (κ3) is 3.86. The largest absolute Gasteiger partial charge is 0.351 e. The van der Waals surface area contributed by atoms with E-state index in [1.807, 2.05) is 67.1 Å². The molecule has 0 aliphatic carbocycles. The van der Waals surface area contributed by atoms with Gasteiger partial charge in [-0.3, -0.25) is 4.79 Å². The lowest BCUT2D eigenvalue weighted by Crippen LogP contribution is -2.44. The fourth-order valence-corrected chi connectivity index (χ4v) is 4.35. The van der Waals surface area contributed by atoms with E-state index in [4.69, 9.17) is 11.6 Å². The average molecular weight is 414 g/mol. The molecule has 0 saturated carbocycles. The second-order valence-corrected chi connectivity index (χ2v) is 8.31. The minimum atomic E-state index is -0.386. The maximum absolute atomic E-state index is 13.1. The number of benzene rings is 2. The van der Waals surface area contributed by atoms with E-state index >= 15 is 0 Å². The molecule has 3 aromatic rings. The molecule has 6 nitrogen and oxygen atoms in total. The smallest absolute Gasteiger partial charge is 0.236 e. The third-order valence-corrected chi connectivity index (χ3v) is 6.14. The standard InChI is InChI=1S/C20H20ClN5OS/c1-12-3-5-14(6-4-12)11-22-19(27)18-17(15-7-9-16(21)10-8-15)25-26-13(2)23-24-20(26)28-18/h3-10,17-18,25H,11H2,1-2H3,(H,22,27)/t17-,18+/m1/s1. The number of nitrogens with zero attached hydrogens (tertiary/aromatic N) is 3. The first-order chi connectivity index (χ1) is 13.5. The molecule has 0 saturated heterocycles. The molecule has 28 heavy (non-hydrogen) atoms. The summed E-state index contributed by atoms with van der Waals surface area (Å²) in [6, 6.07) is 15.4. The minimum Gasteiger partial charge on any atom is -0.351 e. The molecule has 1 aliphatic rings. The predicted octanol–water partition coefficient (Wildman–Crippen LogP) is 3.62. The summed E-state index contributed by atoms with van der Waals surface area (Å²) >= 11 is 7.45. The van der Waals surface area contributed by atoms with Crippen molar-refractivity contribution >= 4 is 29.3 Å². The molecule has 0 unspecified atom stereocenters. The van der Waals surface area contributed by atoms with Gasteiger partial charge in [-0.25, -0.2) is 4.68 Å². The van der Waals surface area contributed by atoms with Crippen LogP contribution in [0.3, 0.4) is 0 Å². The molecular weight excluding hydrogens is 394 g/mol. The Hall–Kier alpha value is -2.51. The second kappa shape index (κ2) is 7.85. The molecule has 2 atom stereocenters. The average Bonchev–Trinajstić information content (AvgIpc) is 3.07. The Morgan fingerprint density at radius 3 is 2.57 bits per heavy atom. The quantitative estimate of drug-likeness (QED) is 0.683. The fraction of sp³-hybridized carbons (Fsp3) is 0.250. The molecule has 0 bridgehead atoms.